The average Bonchev–Trinajstić information content (AvgIpc) is 3.26. The highest BCUT2D eigenvalue weighted by atomic mass is 19.1. The fourth-order valence-electron chi connectivity index (χ4n) is 3.69. The van der Waals surface area contributed by atoms with Crippen LogP contribution in [0, 0.1) is 5.82 Å². The van der Waals surface area contributed by atoms with Crippen LogP contribution in [0.25, 0.3) is 11.0 Å². The van der Waals surface area contributed by atoms with Gasteiger partial charge in [0.2, 0.25) is 5.91 Å². The van der Waals surface area contributed by atoms with Crippen LogP contribution < -0.4 is 15.8 Å². The van der Waals surface area contributed by atoms with Crippen LogP contribution in [-0.2, 0) is 17.9 Å². The molecule has 0 atom stereocenters. The number of aromatic nitrogens is 2. The van der Waals surface area contributed by atoms with E-state index in [1.54, 1.807) is 16.7 Å². The van der Waals surface area contributed by atoms with Crippen molar-refractivity contribution in [1.29, 1.82) is 0 Å². The fraction of sp³-hybridized carbons (Fsp3) is 0.318. The molecule has 1 fully saturated rings. The van der Waals surface area contributed by atoms with E-state index in [0.29, 0.717) is 11.4 Å². The maximum atomic E-state index is 13.3. The van der Waals surface area contributed by atoms with Gasteiger partial charge >= 0.3 is 0 Å². The first-order valence-electron chi connectivity index (χ1n) is 9.87. The number of nitrogens with one attached hydrogen (secondary N) is 1. The Morgan fingerprint density at radius 2 is 1.90 bits per heavy atom. The van der Waals surface area contributed by atoms with Crippen molar-refractivity contribution in [2.24, 2.45) is 0 Å². The van der Waals surface area contributed by atoms with Crippen LogP contribution >= 0.6 is 0 Å². The van der Waals surface area contributed by atoms with Crippen LogP contribution in [0.2, 0.25) is 0 Å². The lowest BCUT2D eigenvalue weighted by molar-refractivity contribution is -0.121. The average molecular weight is 394 g/mol. The number of halogens is 1. The van der Waals surface area contributed by atoms with Crippen molar-refractivity contribution in [3.05, 3.63) is 70.3 Å². The first-order chi connectivity index (χ1) is 14.1. The number of fused-ring (bicyclic) bond motifs is 1. The van der Waals surface area contributed by atoms with Crippen LogP contribution in [0.15, 0.2) is 53.3 Å². The predicted octanol–water partition coefficient (Wildman–Crippen LogP) is 2.84. The van der Waals surface area contributed by atoms with Crippen LogP contribution in [0.5, 0.6) is 0 Å². The summed E-state index contributed by atoms with van der Waals surface area (Å²) < 4.78 is 14.9. The van der Waals surface area contributed by atoms with Gasteiger partial charge in [-0.2, -0.15) is 0 Å². The SMILES string of the molecule is O=C(CCn1c(=O)c(N2CCCC2)nc2ccccc21)NCc1cccc(F)c1. The lowest BCUT2D eigenvalue weighted by Gasteiger charge is -2.19. The summed E-state index contributed by atoms with van der Waals surface area (Å²) >= 11 is 0. The number of rotatable bonds is 6. The van der Waals surface area contributed by atoms with Crippen molar-refractivity contribution < 1.29 is 9.18 Å². The zero-order valence-corrected chi connectivity index (χ0v) is 16.1. The van der Waals surface area contributed by atoms with E-state index < -0.39 is 0 Å². The Labute approximate surface area is 168 Å². The van der Waals surface area contributed by atoms with E-state index in [4.69, 9.17) is 0 Å². The van der Waals surface area contributed by atoms with Gasteiger partial charge in [-0.1, -0.05) is 24.3 Å². The molecule has 3 aromatic rings. The normalized spacial score (nSPS) is 13.8. The smallest absolute Gasteiger partial charge is 0.294 e. The van der Waals surface area contributed by atoms with Gasteiger partial charge in [0.15, 0.2) is 5.82 Å². The second kappa shape index (κ2) is 8.43. The van der Waals surface area contributed by atoms with Crippen LogP contribution in [0.3, 0.4) is 0 Å². The minimum atomic E-state index is -0.332. The number of carbonyl (C=O) groups excluding carboxylic acids is 1. The highest BCUT2D eigenvalue weighted by Crippen LogP contribution is 2.18. The zero-order chi connectivity index (χ0) is 20.2. The van der Waals surface area contributed by atoms with Gasteiger partial charge in [-0.3, -0.25) is 9.59 Å². The fourth-order valence-corrected chi connectivity index (χ4v) is 3.69. The molecule has 0 aliphatic carbocycles. The molecular formula is C22H23FN4O2. The number of aryl methyl sites for hydroxylation is 1. The minimum absolute atomic E-state index is 0.155. The van der Waals surface area contributed by atoms with E-state index in [-0.39, 0.29) is 36.8 Å². The molecule has 1 aliphatic rings. The third kappa shape index (κ3) is 4.29. The number of amides is 1. The first kappa shape index (κ1) is 19.1. The highest BCUT2D eigenvalue weighted by Gasteiger charge is 2.20. The van der Waals surface area contributed by atoms with Gasteiger partial charge in [0.25, 0.3) is 5.56 Å². The van der Waals surface area contributed by atoms with Crippen LogP contribution in [0.4, 0.5) is 10.2 Å². The minimum Gasteiger partial charge on any atom is -0.352 e. The van der Waals surface area contributed by atoms with Gasteiger partial charge in [-0.15, -0.1) is 0 Å². The van der Waals surface area contributed by atoms with Gasteiger partial charge < -0.3 is 14.8 Å². The Balaban J connectivity index is 1.51. The van der Waals surface area contributed by atoms with Crippen molar-refractivity contribution in [1.82, 2.24) is 14.9 Å². The number of nitrogens with zero attached hydrogens (tertiary/aromatic N) is 3. The van der Waals surface area contributed by atoms with Gasteiger partial charge in [0.05, 0.1) is 11.0 Å². The topological polar surface area (TPSA) is 67.2 Å². The monoisotopic (exact) mass is 394 g/mol. The third-order valence-electron chi connectivity index (χ3n) is 5.18. The predicted molar refractivity (Wildman–Crippen MR) is 110 cm³/mol. The van der Waals surface area contributed by atoms with Gasteiger partial charge in [0.1, 0.15) is 5.82 Å². The number of hydrogen-bond acceptors (Lipinski definition) is 4. The van der Waals surface area contributed by atoms with Crippen LogP contribution in [-0.4, -0.2) is 28.5 Å². The molecule has 1 N–H and O–H groups in total. The van der Waals surface area contributed by atoms with Crippen LogP contribution in [0.1, 0.15) is 24.8 Å². The third-order valence-corrected chi connectivity index (χ3v) is 5.18. The number of carbonyl (C=O) groups is 1. The van der Waals surface area contributed by atoms with Crippen molar-refractivity contribution in [2.75, 3.05) is 18.0 Å². The molecule has 2 heterocycles. The molecule has 1 amide bonds. The molecule has 2 aromatic carbocycles. The molecule has 0 bridgehead atoms. The maximum absolute atomic E-state index is 13.3. The Hall–Kier alpha value is -3.22. The molecule has 1 aromatic heterocycles. The summed E-state index contributed by atoms with van der Waals surface area (Å²) in [4.78, 5) is 32.0. The van der Waals surface area contributed by atoms with Crippen molar-refractivity contribution in [2.45, 2.75) is 32.4 Å². The second-order valence-electron chi connectivity index (χ2n) is 7.23. The lowest BCUT2D eigenvalue weighted by Crippen LogP contribution is -2.33. The van der Waals surface area contributed by atoms with Gasteiger partial charge in [-0.25, -0.2) is 9.37 Å². The summed E-state index contributed by atoms with van der Waals surface area (Å²) in [6, 6.07) is 13.6. The molecule has 7 heteroatoms. The Kier molecular flexibility index (Phi) is 5.55. The maximum Gasteiger partial charge on any atom is 0.294 e. The number of anilines is 1. The molecule has 1 aliphatic heterocycles. The highest BCUT2D eigenvalue weighted by molar-refractivity contribution is 5.78. The van der Waals surface area contributed by atoms with Gasteiger partial charge in [-0.05, 0) is 42.7 Å². The summed E-state index contributed by atoms with van der Waals surface area (Å²) in [5, 5.41) is 2.79. The summed E-state index contributed by atoms with van der Waals surface area (Å²) in [5.74, 6) is -0.0628. The summed E-state index contributed by atoms with van der Waals surface area (Å²) in [7, 11) is 0. The zero-order valence-electron chi connectivity index (χ0n) is 16.1. The lowest BCUT2D eigenvalue weighted by atomic mass is 10.2. The standard InChI is InChI=1S/C22H23FN4O2/c23-17-7-5-6-16(14-17)15-24-20(28)10-13-27-19-9-2-1-8-18(19)25-21(22(27)29)26-11-3-4-12-26/h1-2,5-9,14H,3-4,10-13,15H2,(H,24,28). The largest absolute Gasteiger partial charge is 0.352 e. The van der Waals surface area contributed by atoms with E-state index in [9.17, 15) is 14.0 Å². The summed E-state index contributed by atoms with van der Waals surface area (Å²) in [5.41, 5.74) is 2.00. The Morgan fingerprint density at radius 1 is 1.10 bits per heavy atom. The Morgan fingerprint density at radius 3 is 2.69 bits per heavy atom. The molecule has 1 saturated heterocycles. The summed E-state index contributed by atoms with van der Waals surface area (Å²) in [6.45, 7) is 2.17. The van der Waals surface area contributed by atoms with Crippen molar-refractivity contribution in [3.8, 4) is 0 Å². The molecule has 0 saturated carbocycles. The number of para-hydroxylation sites is 2. The second-order valence-corrected chi connectivity index (χ2v) is 7.23. The molecular weight excluding hydrogens is 371 g/mol. The Bertz CT molecular complexity index is 1090. The quantitative estimate of drug-likeness (QED) is 0.698. The van der Waals surface area contributed by atoms with Crippen molar-refractivity contribution >= 4 is 22.8 Å². The molecule has 29 heavy (non-hydrogen) atoms. The van der Waals surface area contributed by atoms with E-state index in [0.717, 1.165) is 37.0 Å². The summed E-state index contributed by atoms with van der Waals surface area (Å²) in [6.07, 6.45) is 2.26. The molecule has 0 unspecified atom stereocenters. The molecule has 4 rings (SSSR count). The number of benzene rings is 2. The number of hydrogen-bond donors (Lipinski definition) is 1. The van der Waals surface area contributed by atoms with E-state index >= 15 is 0 Å². The molecule has 6 nitrogen and oxygen atoms in total. The van der Waals surface area contributed by atoms with E-state index in [1.807, 2.05) is 29.2 Å². The molecule has 0 radical (unpaired) electrons. The van der Waals surface area contributed by atoms with Crippen molar-refractivity contribution in [3.63, 3.8) is 0 Å². The first-order valence-corrected chi connectivity index (χ1v) is 9.87. The molecule has 150 valence electrons. The van der Waals surface area contributed by atoms with E-state index in [2.05, 4.69) is 10.3 Å². The molecule has 0 spiro atoms. The van der Waals surface area contributed by atoms with Gasteiger partial charge in [0, 0.05) is 32.6 Å². The van der Waals surface area contributed by atoms with E-state index in [1.165, 1.54) is 12.1 Å².